The molecule has 1 aromatic heterocycles. The van der Waals surface area contributed by atoms with Gasteiger partial charge in [-0.25, -0.2) is 9.48 Å². The third-order valence-corrected chi connectivity index (χ3v) is 9.24. The van der Waals surface area contributed by atoms with E-state index in [0.29, 0.717) is 18.5 Å². The molecule has 2 aromatic rings. The van der Waals surface area contributed by atoms with Gasteiger partial charge in [0.25, 0.3) is 11.8 Å². The molecule has 2 heterocycles. The SMILES string of the molecule is CCOC(=O)ON1CCN(C(=O)[C@H](CCC(=O)O)NC(=O)c2cc(OCC(=O)NC3(C(=O)NC4CCCC4)CCC3)n(-c3ccccc3)n2)CC1. The van der Waals surface area contributed by atoms with Gasteiger partial charge in [0.05, 0.1) is 25.4 Å². The van der Waals surface area contributed by atoms with Crippen molar-refractivity contribution in [3.05, 3.63) is 42.1 Å². The fourth-order valence-corrected chi connectivity index (χ4v) is 6.33. The lowest BCUT2D eigenvalue weighted by atomic mass is 9.75. The zero-order valence-corrected chi connectivity index (χ0v) is 28.6. The lowest BCUT2D eigenvalue weighted by Gasteiger charge is -2.41. The van der Waals surface area contributed by atoms with E-state index in [2.05, 4.69) is 21.0 Å². The minimum atomic E-state index is -1.20. The number of rotatable bonds is 15. The van der Waals surface area contributed by atoms with Crippen molar-refractivity contribution in [1.29, 1.82) is 0 Å². The molecule has 1 atom stereocenters. The molecule has 0 unspecified atom stereocenters. The van der Waals surface area contributed by atoms with Crippen LogP contribution in [0.15, 0.2) is 36.4 Å². The molecule has 1 saturated heterocycles. The van der Waals surface area contributed by atoms with Crippen LogP contribution in [0.4, 0.5) is 4.79 Å². The van der Waals surface area contributed by atoms with Gasteiger partial charge in [-0.1, -0.05) is 31.0 Å². The van der Waals surface area contributed by atoms with Crippen molar-refractivity contribution in [1.82, 2.24) is 35.7 Å². The highest BCUT2D eigenvalue weighted by Crippen LogP contribution is 2.33. The second-order valence-electron chi connectivity index (χ2n) is 12.8. The van der Waals surface area contributed by atoms with Crippen molar-refractivity contribution in [2.75, 3.05) is 39.4 Å². The van der Waals surface area contributed by atoms with E-state index in [1.54, 1.807) is 37.3 Å². The van der Waals surface area contributed by atoms with E-state index in [1.165, 1.54) is 20.7 Å². The lowest BCUT2D eigenvalue weighted by molar-refractivity contribution is -0.157. The van der Waals surface area contributed by atoms with Crippen LogP contribution in [0.2, 0.25) is 0 Å². The summed E-state index contributed by atoms with van der Waals surface area (Å²) in [5.74, 6) is -3.03. The third kappa shape index (κ3) is 9.74. The first kappa shape index (κ1) is 37.1. The highest BCUT2D eigenvalue weighted by molar-refractivity contribution is 5.97. The number of piperazine rings is 1. The Morgan fingerprint density at radius 3 is 2.33 bits per heavy atom. The molecule has 51 heavy (non-hydrogen) atoms. The van der Waals surface area contributed by atoms with Crippen LogP contribution in [0.1, 0.15) is 75.2 Å². The number of aliphatic carboxylic acids is 1. The third-order valence-electron chi connectivity index (χ3n) is 9.24. The average molecular weight is 712 g/mol. The van der Waals surface area contributed by atoms with Crippen molar-refractivity contribution < 1.29 is 48.2 Å². The first-order valence-electron chi connectivity index (χ1n) is 17.4. The molecule has 1 aromatic carbocycles. The van der Waals surface area contributed by atoms with Crippen molar-refractivity contribution in [3.63, 3.8) is 0 Å². The summed E-state index contributed by atoms with van der Waals surface area (Å²) in [5.41, 5.74) is -0.590. The van der Waals surface area contributed by atoms with Gasteiger partial charge in [-0.15, -0.1) is 5.06 Å². The molecule has 0 radical (unpaired) electrons. The van der Waals surface area contributed by atoms with Crippen LogP contribution in [0.3, 0.4) is 0 Å². The Hall–Kier alpha value is -5.19. The zero-order valence-electron chi connectivity index (χ0n) is 28.6. The van der Waals surface area contributed by atoms with Gasteiger partial charge in [0.15, 0.2) is 12.3 Å². The molecule has 4 N–H and O–H groups in total. The van der Waals surface area contributed by atoms with Gasteiger partial charge in [-0.3, -0.25) is 24.0 Å². The number of hydrogen-bond donors (Lipinski definition) is 4. The van der Waals surface area contributed by atoms with Gasteiger partial charge in [0.2, 0.25) is 17.7 Å². The quantitative estimate of drug-likeness (QED) is 0.194. The Morgan fingerprint density at radius 1 is 1.00 bits per heavy atom. The van der Waals surface area contributed by atoms with E-state index < -0.39 is 48.0 Å². The summed E-state index contributed by atoms with van der Waals surface area (Å²) in [7, 11) is 0. The molecular weight excluding hydrogens is 666 g/mol. The van der Waals surface area contributed by atoms with Crippen LogP contribution in [-0.2, 0) is 28.8 Å². The number of benzene rings is 1. The number of ether oxygens (including phenoxy) is 2. The predicted octanol–water partition coefficient (Wildman–Crippen LogP) is 1.54. The maximum absolute atomic E-state index is 13.5. The molecule has 17 heteroatoms. The zero-order chi connectivity index (χ0) is 36.4. The number of carbonyl (C=O) groups is 6. The normalized spacial score (nSPS) is 17.8. The number of aromatic nitrogens is 2. The van der Waals surface area contributed by atoms with E-state index >= 15 is 0 Å². The Kier molecular flexibility index (Phi) is 12.5. The number of para-hydroxylation sites is 1. The number of carboxylic acid groups (broad SMARTS) is 1. The fourth-order valence-electron chi connectivity index (χ4n) is 6.33. The number of carbonyl (C=O) groups excluding carboxylic acids is 5. The van der Waals surface area contributed by atoms with Gasteiger partial charge in [0.1, 0.15) is 11.6 Å². The molecular formula is C34H45N7O10. The second kappa shape index (κ2) is 17.2. The van der Waals surface area contributed by atoms with Crippen molar-refractivity contribution in [2.45, 2.75) is 82.3 Å². The summed E-state index contributed by atoms with van der Waals surface area (Å²) >= 11 is 0. The summed E-state index contributed by atoms with van der Waals surface area (Å²) in [6.07, 6.45) is 4.45. The number of hydroxylamine groups is 2. The molecule has 0 bridgehead atoms. The number of carboxylic acids is 1. The fraction of sp³-hybridized carbons (Fsp3) is 0.559. The predicted molar refractivity (Wildman–Crippen MR) is 179 cm³/mol. The minimum absolute atomic E-state index is 0.0608. The molecule has 3 fully saturated rings. The van der Waals surface area contributed by atoms with Gasteiger partial charge in [-0.2, -0.15) is 5.10 Å². The van der Waals surface area contributed by atoms with E-state index in [1.807, 2.05) is 0 Å². The summed E-state index contributed by atoms with van der Waals surface area (Å²) in [4.78, 5) is 82.9. The van der Waals surface area contributed by atoms with Gasteiger partial charge in [0, 0.05) is 31.6 Å². The maximum Gasteiger partial charge on any atom is 0.527 e. The van der Waals surface area contributed by atoms with E-state index in [0.717, 1.165) is 32.1 Å². The van der Waals surface area contributed by atoms with E-state index in [-0.39, 0.29) is 69.2 Å². The number of amides is 4. The molecule has 5 rings (SSSR count). The number of hydrogen-bond acceptors (Lipinski definition) is 11. The number of nitrogens with one attached hydrogen (secondary N) is 3. The highest BCUT2D eigenvalue weighted by atomic mass is 16.8. The summed E-state index contributed by atoms with van der Waals surface area (Å²) in [5, 5.41) is 23.7. The van der Waals surface area contributed by atoms with E-state index in [9.17, 15) is 33.9 Å². The van der Waals surface area contributed by atoms with Crippen LogP contribution < -0.4 is 20.7 Å². The standard InChI is InChI=1S/C34H45N7O10/c1-2-49-33(48)51-40-19-17-39(18-20-40)31(46)25(13-14-29(43)44)36-30(45)26-21-28(41(38-26)24-11-4-3-5-12-24)50-22-27(42)37-34(15-8-16-34)32(47)35-23-9-6-7-10-23/h3-5,11-12,21,23,25H,2,6-10,13-20,22H2,1H3,(H,35,47)(H,36,45)(H,37,42)(H,43,44)/t25-/m0/s1. The Balaban J connectivity index is 1.25. The summed E-state index contributed by atoms with van der Waals surface area (Å²) < 4.78 is 12.0. The summed E-state index contributed by atoms with van der Waals surface area (Å²) in [6.45, 7) is 2.03. The van der Waals surface area contributed by atoms with Gasteiger partial charge >= 0.3 is 12.1 Å². The molecule has 4 amide bonds. The molecule has 17 nitrogen and oxygen atoms in total. The number of nitrogens with zero attached hydrogens (tertiary/aromatic N) is 4. The second-order valence-corrected chi connectivity index (χ2v) is 12.8. The van der Waals surface area contributed by atoms with Crippen molar-refractivity contribution in [3.8, 4) is 11.6 Å². The van der Waals surface area contributed by atoms with Crippen LogP contribution in [0.5, 0.6) is 5.88 Å². The Labute approximate surface area is 294 Å². The van der Waals surface area contributed by atoms with Crippen LogP contribution in [-0.4, -0.2) is 118 Å². The van der Waals surface area contributed by atoms with Gasteiger partial charge in [-0.05, 0) is 57.6 Å². The first-order valence-corrected chi connectivity index (χ1v) is 17.4. The molecule has 276 valence electrons. The maximum atomic E-state index is 13.5. The Morgan fingerprint density at radius 2 is 1.71 bits per heavy atom. The highest BCUT2D eigenvalue weighted by Gasteiger charge is 2.46. The first-order chi connectivity index (χ1) is 24.6. The molecule has 2 aliphatic carbocycles. The lowest BCUT2D eigenvalue weighted by Crippen LogP contribution is -2.64. The van der Waals surface area contributed by atoms with E-state index in [4.69, 9.17) is 14.3 Å². The smallest absolute Gasteiger partial charge is 0.481 e. The van der Waals surface area contributed by atoms with Crippen molar-refractivity contribution >= 4 is 35.8 Å². The largest absolute Gasteiger partial charge is 0.527 e. The van der Waals surface area contributed by atoms with Crippen molar-refractivity contribution in [2.24, 2.45) is 0 Å². The van der Waals surface area contributed by atoms with Crippen LogP contribution in [0.25, 0.3) is 5.69 Å². The summed E-state index contributed by atoms with van der Waals surface area (Å²) in [6, 6.07) is 9.01. The topological polar surface area (TPSA) is 211 Å². The van der Waals surface area contributed by atoms with Crippen LogP contribution >= 0.6 is 0 Å². The molecule has 3 aliphatic rings. The molecule has 2 saturated carbocycles. The van der Waals surface area contributed by atoms with Gasteiger partial charge < -0.3 is 40.3 Å². The van der Waals surface area contributed by atoms with Crippen LogP contribution in [0, 0.1) is 0 Å². The molecule has 1 aliphatic heterocycles. The minimum Gasteiger partial charge on any atom is -0.481 e. The Bertz CT molecular complexity index is 1560. The average Bonchev–Trinajstić information content (AvgIpc) is 3.78. The monoisotopic (exact) mass is 711 g/mol. The molecule has 0 spiro atoms.